The van der Waals surface area contributed by atoms with Gasteiger partial charge < -0.3 is 10.6 Å². The molecule has 1 aromatic rings. The molecule has 0 unspecified atom stereocenters. The number of aliphatic imine (C=N–C) groups is 1. The average Bonchev–Trinajstić information content (AvgIpc) is 2.69. The predicted molar refractivity (Wildman–Crippen MR) is 98.8 cm³/mol. The van der Waals surface area contributed by atoms with Gasteiger partial charge in [0.25, 0.3) is 0 Å². The molecule has 0 saturated heterocycles. The van der Waals surface area contributed by atoms with Crippen molar-refractivity contribution in [3.05, 3.63) is 15.6 Å². The fourth-order valence-electron chi connectivity index (χ4n) is 1.87. The van der Waals surface area contributed by atoms with Crippen molar-refractivity contribution in [3.8, 4) is 0 Å². The molecular formula is C13H23F3IN5S. The van der Waals surface area contributed by atoms with Crippen LogP contribution < -0.4 is 10.6 Å². The lowest BCUT2D eigenvalue weighted by Gasteiger charge is -2.19. The van der Waals surface area contributed by atoms with Crippen LogP contribution in [0, 0.1) is 13.8 Å². The van der Waals surface area contributed by atoms with E-state index >= 15 is 0 Å². The minimum Gasteiger partial charge on any atom is -0.355 e. The highest BCUT2D eigenvalue weighted by Gasteiger charge is 2.28. The summed E-state index contributed by atoms with van der Waals surface area (Å²) in [6, 6.07) is 0. The van der Waals surface area contributed by atoms with Gasteiger partial charge in [-0.05, 0) is 20.9 Å². The highest BCUT2D eigenvalue weighted by molar-refractivity contribution is 14.0. The van der Waals surface area contributed by atoms with Gasteiger partial charge in [-0.3, -0.25) is 9.89 Å². The molecule has 134 valence electrons. The fraction of sp³-hybridized carbons (Fsp3) is 0.692. The summed E-state index contributed by atoms with van der Waals surface area (Å²) in [7, 11) is 3.06. The van der Waals surface area contributed by atoms with Gasteiger partial charge in [-0.15, -0.1) is 35.3 Å². The SMILES string of the molecule is CN=C(NCCN(C)CC(F)(F)F)NCc1sc(C)nc1C.I. The zero-order valence-corrected chi connectivity index (χ0v) is 16.8. The Morgan fingerprint density at radius 1 is 1.30 bits per heavy atom. The molecule has 0 fully saturated rings. The van der Waals surface area contributed by atoms with E-state index in [1.807, 2.05) is 13.8 Å². The van der Waals surface area contributed by atoms with E-state index in [0.717, 1.165) is 15.6 Å². The van der Waals surface area contributed by atoms with E-state index in [1.54, 1.807) is 18.4 Å². The smallest absolute Gasteiger partial charge is 0.355 e. The van der Waals surface area contributed by atoms with Crippen molar-refractivity contribution in [2.45, 2.75) is 26.6 Å². The first-order valence-corrected chi connectivity index (χ1v) is 7.65. The number of alkyl halides is 3. The Labute approximate surface area is 155 Å². The molecule has 0 amide bonds. The lowest BCUT2D eigenvalue weighted by molar-refractivity contribution is -0.142. The molecule has 0 atom stereocenters. The van der Waals surface area contributed by atoms with E-state index in [1.165, 1.54) is 11.9 Å². The molecule has 1 rings (SSSR count). The third kappa shape index (κ3) is 9.30. The van der Waals surface area contributed by atoms with E-state index in [4.69, 9.17) is 0 Å². The molecular weight excluding hydrogens is 442 g/mol. The Kier molecular flexibility index (Phi) is 10.0. The standard InChI is InChI=1S/C13H22F3N5S.HI/c1-9-11(22-10(2)20-9)7-19-12(17-3)18-5-6-21(4)8-13(14,15)16;/h5-8H2,1-4H3,(H2,17,18,19);1H. The number of aryl methyl sites for hydroxylation is 2. The van der Waals surface area contributed by atoms with Gasteiger partial charge in [0.1, 0.15) is 0 Å². The molecule has 0 aliphatic rings. The van der Waals surface area contributed by atoms with Crippen LogP contribution in [-0.4, -0.2) is 55.7 Å². The van der Waals surface area contributed by atoms with Gasteiger partial charge in [-0.25, -0.2) is 4.98 Å². The maximum Gasteiger partial charge on any atom is 0.401 e. The summed E-state index contributed by atoms with van der Waals surface area (Å²) in [4.78, 5) is 10.7. The van der Waals surface area contributed by atoms with Crippen LogP contribution in [0.3, 0.4) is 0 Å². The first-order valence-electron chi connectivity index (χ1n) is 6.84. The second kappa shape index (κ2) is 10.3. The second-order valence-electron chi connectivity index (χ2n) is 4.95. The Bertz CT molecular complexity index is 504. The van der Waals surface area contributed by atoms with Crippen molar-refractivity contribution in [3.63, 3.8) is 0 Å². The van der Waals surface area contributed by atoms with Crippen molar-refractivity contribution >= 4 is 41.3 Å². The lowest BCUT2D eigenvalue weighted by atomic mass is 10.4. The molecule has 0 radical (unpaired) electrons. The van der Waals surface area contributed by atoms with Crippen molar-refractivity contribution in [2.24, 2.45) is 4.99 Å². The van der Waals surface area contributed by atoms with Gasteiger partial charge >= 0.3 is 6.18 Å². The third-order valence-electron chi connectivity index (χ3n) is 2.87. The number of thiazole rings is 1. The van der Waals surface area contributed by atoms with E-state index in [0.29, 0.717) is 19.0 Å². The Balaban J connectivity index is 0.00000484. The number of hydrogen-bond donors (Lipinski definition) is 2. The fourth-order valence-corrected chi connectivity index (χ4v) is 2.75. The Hall–Kier alpha value is -0.620. The van der Waals surface area contributed by atoms with Gasteiger partial charge in [0.2, 0.25) is 0 Å². The van der Waals surface area contributed by atoms with Gasteiger partial charge in [-0.2, -0.15) is 13.2 Å². The van der Waals surface area contributed by atoms with Crippen molar-refractivity contribution in [1.29, 1.82) is 0 Å². The van der Waals surface area contributed by atoms with Crippen LogP contribution in [0.5, 0.6) is 0 Å². The molecule has 0 spiro atoms. The largest absolute Gasteiger partial charge is 0.401 e. The topological polar surface area (TPSA) is 52.6 Å². The van der Waals surface area contributed by atoms with Crippen molar-refractivity contribution < 1.29 is 13.2 Å². The highest BCUT2D eigenvalue weighted by atomic mass is 127. The van der Waals surface area contributed by atoms with Crippen LogP contribution >= 0.6 is 35.3 Å². The normalized spacial score (nSPS) is 12.3. The van der Waals surface area contributed by atoms with E-state index in [2.05, 4.69) is 20.6 Å². The monoisotopic (exact) mass is 465 g/mol. The maximum atomic E-state index is 12.2. The summed E-state index contributed by atoms with van der Waals surface area (Å²) in [5.41, 5.74) is 0.982. The lowest BCUT2D eigenvalue weighted by Crippen LogP contribution is -2.42. The number of rotatable bonds is 6. The Morgan fingerprint density at radius 3 is 2.43 bits per heavy atom. The molecule has 5 nitrogen and oxygen atoms in total. The molecule has 0 bridgehead atoms. The molecule has 0 aliphatic carbocycles. The number of aromatic nitrogens is 1. The molecule has 0 aliphatic heterocycles. The molecule has 1 heterocycles. The number of hydrogen-bond acceptors (Lipinski definition) is 4. The molecule has 23 heavy (non-hydrogen) atoms. The quantitative estimate of drug-likeness (QED) is 0.385. The number of nitrogens with zero attached hydrogens (tertiary/aromatic N) is 3. The third-order valence-corrected chi connectivity index (χ3v) is 3.95. The van der Waals surface area contributed by atoms with Crippen molar-refractivity contribution in [2.75, 3.05) is 33.7 Å². The molecule has 2 N–H and O–H groups in total. The van der Waals surface area contributed by atoms with Crippen LogP contribution in [0.4, 0.5) is 13.2 Å². The summed E-state index contributed by atoms with van der Waals surface area (Å²) in [6.07, 6.45) is -4.17. The summed E-state index contributed by atoms with van der Waals surface area (Å²) in [6.45, 7) is 4.23. The van der Waals surface area contributed by atoms with Crippen LogP contribution in [0.2, 0.25) is 0 Å². The van der Waals surface area contributed by atoms with Crippen molar-refractivity contribution in [1.82, 2.24) is 20.5 Å². The zero-order valence-electron chi connectivity index (χ0n) is 13.6. The maximum absolute atomic E-state index is 12.2. The van der Waals surface area contributed by atoms with E-state index in [-0.39, 0.29) is 30.5 Å². The first kappa shape index (κ1) is 22.4. The summed E-state index contributed by atoms with van der Waals surface area (Å²) in [5.74, 6) is 0.561. The van der Waals surface area contributed by atoms with E-state index in [9.17, 15) is 13.2 Å². The predicted octanol–water partition coefficient (Wildman–Crippen LogP) is 2.54. The molecule has 1 aromatic heterocycles. The van der Waals surface area contributed by atoms with Crippen LogP contribution in [0.25, 0.3) is 0 Å². The average molecular weight is 465 g/mol. The zero-order chi connectivity index (χ0) is 16.8. The summed E-state index contributed by atoms with van der Waals surface area (Å²) < 4.78 is 36.6. The summed E-state index contributed by atoms with van der Waals surface area (Å²) >= 11 is 1.61. The van der Waals surface area contributed by atoms with Gasteiger partial charge in [0.05, 0.1) is 23.8 Å². The van der Waals surface area contributed by atoms with Gasteiger partial charge in [0.15, 0.2) is 5.96 Å². The number of guanidine groups is 1. The molecule has 0 aromatic carbocycles. The Morgan fingerprint density at radius 2 is 1.96 bits per heavy atom. The van der Waals surface area contributed by atoms with Crippen LogP contribution in [0.1, 0.15) is 15.6 Å². The van der Waals surface area contributed by atoms with Crippen LogP contribution in [0.15, 0.2) is 4.99 Å². The number of halogens is 4. The van der Waals surface area contributed by atoms with Gasteiger partial charge in [0, 0.05) is 25.0 Å². The van der Waals surface area contributed by atoms with E-state index < -0.39 is 12.7 Å². The molecule has 0 saturated carbocycles. The van der Waals surface area contributed by atoms with Crippen LogP contribution in [-0.2, 0) is 6.54 Å². The number of likely N-dealkylation sites (N-methyl/N-ethyl adjacent to an activating group) is 1. The number of nitrogens with one attached hydrogen (secondary N) is 2. The highest BCUT2D eigenvalue weighted by Crippen LogP contribution is 2.16. The minimum atomic E-state index is -4.17. The second-order valence-corrected chi connectivity index (χ2v) is 6.23. The summed E-state index contributed by atoms with van der Waals surface area (Å²) in [5, 5.41) is 7.13. The van der Waals surface area contributed by atoms with Gasteiger partial charge in [-0.1, -0.05) is 0 Å². The minimum absolute atomic E-state index is 0. The molecule has 10 heteroatoms. The first-order chi connectivity index (χ1) is 10.2.